The van der Waals surface area contributed by atoms with Crippen molar-refractivity contribution in [2.24, 2.45) is 0 Å². The fraction of sp³-hybridized carbons (Fsp3) is 0.438. The summed E-state index contributed by atoms with van der Waals surface area (Å²) in [5.74, 6) is -1.22. The smallest absolute Gasteiger partial charge is 0.337 e. The lowest BCUT2D eigenvalue weighted by molar-refractivity contribution is -0.123. The summed E-state index contributed by atoms with van der Waals surface area (Å²) < 4.78 is 4.66. The van der Waals surface area contributed by atoms with E-state index in [4.69, 9.17) is 11.6 Å². The van der Waals surface area contributed by atoms with Crippen LogP contribution in [0.1, 0.15) is 17.3 Å². The molecule has 1 aromatic carbocycles. The first-order valence-electron chi connectivity index (χ1n) is 7.33. The van der Waals surface area contributed by atoms with Gasteiger partial charge >= 0.3 is 5.97 Å². The van der Waals surface area contributed by atoms with E-state index in [1.807, 2.05) is 19.0 Å². The minimum Gasteiger partial charge on any atom is -0.465 e. The van der Waals surface area contributed by atoms with Gasteiger partial charge in [0, 0.05) is 20.0 Å². The Morgan fingerprint density at radius 3 is 2.46 bits per heavy atom. The quantitative estimate of drug-likeness (QED) is 0.742. The van der Waals surface area contributed by atoms with E-state index in [-0.39, 0.29) is 34.6 Å². The van der Waals surface area contributed by atoms with Gasteiger partial charge in [-0.05, 0) is 32.3 Å². The number of carbonyl (C=O) groups is 3. The van der Waals surface area contributed by atoms with Crippen molar-refractivity contribution < 1.29 is 19.1 Å². The summed E-state index contributed by atoms with van der Waals surface area (Å²) in [7, 11) is 5.05. The molecule has 0 aliphatic rings. The average Bonchev–Trinajstić information content (AvgIpc) is 2.52. The van der Waals surface area contributed by atoms with Gasteiger partial charge < -0.3 is 19.9 Å². The molecule has 0 fully saturated rings. The molecule has 0 heterocycles. The molecular formula is C16H22ClN3O4. The van der Waals surface area contributed by atoms with Crippen LogP contribution in [-0.2, 0) is 14.3 Å². The highest BCUT2D eigenvalue weighted by Gasteiger charge is 2.20. The first-order valence-corrected chi connectivity index (χ1v) is 7.71. The largest absolute Gasteiger partial charge is 0.465 e. The van der Waals surface area contributed by atoms with Gasteiger partial charge in [-0.1, -0.05) is 11.6 Å². The van der Waals surface area contributed by atoms with Gasteiger partial charge in [0.05, 0.1) is 23.4 Å². The van der Waals surface area contributed by atoms with E-state index in [1.54, 1.807) is 0 Å². The summed E-state index contributed by atoms with van der Waals surface area (Å²) in [6, 6.07) is 4.42. The molecule has 8 heteroatoms. The second-order valence-corrected chi connectivity index (χ2v) is 5.82. The van der Waals surface area contributed by atoms with E-state index in [0.717, 1.165) is 0 Å². The fourth-order valence-corrected chi connectivity index (χ4v) is 2.17. The molecule has 0 aliphatic heterocycles. The van der Waals surface area contributed by atoms with Crippen molar-refractivity contribution in [3.63, 3.8) is 0 Å². The lowest BCUT2D eigenvalue weighted by Gasteiger charge is -2.22. The Balaban J connectivity index is 2.94. The Labute approximate surface area is 146 Å². The van der Waals surface area contributed by atoms with Gasteiger partial charge in [0.25, 0.3) is 0 Å². The molecule has 0 bridgehead atoms. The predicted octanol–water partition coefficient (Wildman–Crippen LogP) is 1.16. The van der Waals surface area contributed by atoms with Crippen LogP contribution in [0.2, 0.25) is 5.02 Å². The van der Waals surface area contributed by atoms with Crippen LogP contribution in [0.25, 0.3) is 0 Å². The Bertz CT molecular complexity index is 619. The summed E-state index contributed by atoms with van der Waals surface area (Å²) in [6.07, 6.45) is 0. The van der Waals surface area contributed by atoms with Crippen LogP contribution < -0.4 is 10.2 Å². The number of hydrogen-bond donors (Lipinski definition) is 1. The summed E-state index contributed by atoms with van der Waals surface area (Å²) in [4.78, 5) is 38.8. The monoisotopic (exact) mass is 355 g/mol. The zero-order valence-electron chi connectivity index (χ0n) is 14.3. The molecule has 0 atom stereocenters. The second kappa shape index (κ2) is 9.24. The number of ether oxygens (including phenoxy) is 1. The Hall–Kier alpha value is -2.12. The molecule has 132 valence electrons. The van der Waals surface area contributed by atoms with E-state index < -0.39 is 5.97 Å². The van der Waals surface area contributed by atoms with Crippen LogP contribution in [0.3, 0.4) is 0 Å². The molecule has 1 rings (SSSR count). The highest BCUT2D eigenvalue weighted by atomic mass is 35.5. The minimum absolute atomic E-state index is 0.187. The van der Waals surface area contributed by atoms with Crippen LogP contribution in [0, 0.1) is 0 Å². The molecule has 0 radical (unpaired) electrons. The summed E-state index contributed by atoms with van der Waals surface area (Å²) in [5.41, 5.74) is 0.533. The summed E-state index contributed by atoms with van der Waals surface area (Å²) in [6.45, 7) is 2.29. The number of likely N-dealkylation sites (N-methyl/N-ethyl adjacent to an activating group) is 1. The van der Waals surface area contributed by atoms with E-state index in [1.165, 1.54) is 37.1 Å². The third-order valence-electron chi connectivity index (χ3n) is 3.22. The molecule has 0 aromatic heterocycles. The maximum atomic E-state index is 12.0. The average molecular weight is 356 g/mol. The number of rotatable bonds is 7. The summed E-state index contributed by atoms with van der Waals surface area (Å²) >= 11 is 6.13. The van der Waals surface area contributed by atoms with Gasteiger partial charge in [0.15, 0.2) is 0 Å². The number of carbonyl (C=O) groups excluding carboxylic acids is 3. The summed E-state index contributed by atoms with van der Waals surface area (Å²) in [5, 5.41) is 2.99. The third kappa shape index (κ3) is 5.82. The number of benzene rings is 1. The van der Waals surface area contributed by atoms with Crippen molar-refractivity contribution in [1.82, 2.24) is 10.2 Å². The van der Waals surface area contributed by atoms with Crippen molar-refractivity contribution in [2.75, 3.05) is 45.7 Å². The van der Waals surface area contributed by atoms with Crippen LogP contribution in [0.5, 0.6) is 0 Å². The van der Waals surface area contributed by atoms with Gasteiger partial charge in [-0.15, -0.1) is 0 Å². The van der Waals surface area contributed by atoms with E-state index >= 15 is 0 Å². The van der Waals surface area contributed by atoms with Crippen molar-refractivity contribution >= 4 is 35.1 Å². The standard InChI is InChI=1S/C16H22ClN3O4/c1-11(21)20(10-15(22)18-7-8-19(2)3)14-9-12(16(23)24-4)5-6-13(14)17/h5-6,9H,7-8,10H2,1-4H3,(H,18,22). The van der Waals surface area contributed by atoms with E-state index in [2.05, 4.69) is 10.1 Å². The first kappa shape index (κ1) is 19.9. The van der Waals surface area contributed by atoms with E-state index in [9.17, 15) is 14.4 Å². The van der Waals surface area contributed by atoms with E-state index in [0.29, 0.717) is 13.1 Å². The van der Waals surface area contributed by atoms with Crippen LogP contribution in [0.4, 0.5) is 5.69 Å². The number of anilines is 1. The predicted molar refractivity (Wildman–Crippen MR) is 92.4 cm³/mol. The van der Waals surface area contributed by atoms with Gasteiger partial charge in [0.2, 0.25) is 11.8 Å². The van der Waals surface area contributed by atoms with Gasteiger partial charge in [-0.2, -0.15) is 0 Å². The molecular weight excluding hydrogens is 334 g/mol. The molecule has 7 nitrogen and oxygen atoms in total. The number of nitrogens with zero attached hydrogens (tertiary/aromatic N) is 2. The van der Waals surface area contributed by atoms with Crippen LogP contribution >= 0.6 is 11.6 Å². The highest BCUT2D eigenvalue weighted by Crippen LogP contribution is 2.27. The van der Waals surface area contributed by atoms with Gasteiger partial charge in [-0.25, -0.2) is 4.79 Å². The zero-order chi connectivity index (χ0) is 18.3. The normalized spacial score (nSPS) is 10.4. The molecule has 1 aromatic rings. The Morgan fingerprint density at radius 1 is 1.25 bits per heavy atom. The van der Waals surface area contributed by atoms with Gasteiger partial charge in [0.1, 0.15) is 6.54 Å². The van der Waals surface area contributed by atoms with Crippen molar-refractivity contribution in [2.45, 2.75) is 6.92 Å². The molecule has 0 unspecified atom stereocenters. The highest BCUT2D eigenvalue weighted by molar-refractivity contribution is 6.34. The minimum atomic E-state index is -0.549. The number of hydrogen-bond acceptors (Lipinski definition) is 5. The third-order valence-corrected chi connectivity index (χ3v) is 3.54. The molecule has 24 heavy (non-hydrogen) atoms. The van der Waals surface area contributed by atoms with Crippen LogP contribution in [-0.4, -0.2) is 63.5 Å². The molecule has 0 spiro atoms. The number of methoxy groups -OCH3 is 1. The molecule has 1 N–H and O–H groups in total. The maximum absolute atomic E-state index is 12.0. The number of nitrogens with one attached hydrogen (secondary N) is 1. The number of amides is 2. The van der Waals surface area contributed by atoms with Crippen molar-refractivity contribution in [3.8, 4) is 0 Å². The van der Waals surface area contributed by atoms with Crippen molar-refractivity contribution in [3.05, 3.63) is 28.8 Å². The van der Waals surface area contributed by atoms with Gasteiger partial charge in [-0.3, -0.25) is 9.59 Å². The molecule has 0 saturated carbocycles. The van der Waals surface area contributed by atoms with Crippen LogP contribution in [0.15, 0.2) is 18.2 Å². The lowest BCUT2D eigenvalue weighted by Crippen LogP contribution is -2.41. The lowest BCUT2D eigenvalue weighted by atomic mass is 10.2. The van der Waals surface area contributed by atoms with Crippen molar-refractivity contribution in [1.29, 1.82) is 0 Å². The Kier molecular flexibility index (Phi) is 7.67. The second-order valence-electron chi connectivity index (χ2n) is 5.42. The maximum Gasteiger partial charge on any atom is 0.337 e. The molecule has 0 aliphatic carbocycles. The SMILES string of the molecule is COC(=O)c1ccc(Cl)c(N(CC(=O)NCCN(C)C)C(C)=O)c1. The number of halogens is 1. The molecule has 0 saturated heterocycles. The topological polar surface area (TPSA) is 79.0 Å². The first-order chi connectivity index (χ1) is 11.3. The number of esters is 1. The Morgan fingerprint density at radius 2 is 1.92 bits per heavy atom. The zero-order valence-corrected chi connectivity index (χ0v) is 15.0. The molecule has 2 amide bonds. The fourth-order valence-electron chi connectivity index (χ4n) is 1.95.